The summed E-state index contributed by atoms with van der Waals surface area (Å²) in [5.41, 5.74) is 6.99. The Labute approximate surface area is 122 Å². The minimum atomic E-state index is -2.62. The summed E-state index contributed by atoms with van der Waals surface area (Å²) in [6.07, 6.45) is -0.959. The second-order valence-electron chi connectivity index (χ2n) is 4.62. The van der Waals surface area contributed by atoms with E-state index in [1.807, 2.05) is 0 Å². The first kappa shape index (κ1) is 13.9. The highest BCUT2D eigenvalue weighted by molar-refractivity contribution is 7.16. The van der Waals surface area contributed by atoms with E-state index in [4.69, 9.17) is 5.73 Å². The van der Waals surface area contributed by atoms with Gasteiger partial charge in [0.05, 0.1) is 16.3 Å². The van der Waals surface area contributed by atoms with Crippen molar-refractivity contribution in [2.24, 2.45) is 10.7 Å². The Hall–Kier alpha value is -2.06. The fourth-order valence-corrected chi connectivity index (χ4v) is 2.83. The lowest BCUT2D eigenvalue weighted by atomic mass is 10.1. The molecule has 3 rings (SSSR count). The minimum absolute atomic E-state index is 0.142. The van der Waals surface area contributed by atoms with Gasteiger partial charge in [0, 0.05) is 5.69 Å². The second kappa shape index (κ2) is 5.38. The van der Waals surface area contributed by atoms with E-state index in [1.165, 1.54) is 6.08 Å². The summed E-state index contributed by atoms with van der Waals surface area (Å²) in [6.45, 7) is 0. The normalized spacial score (nSPS) is 18.8. The number of hydrogen-bond donors (Lipinski definition) is 3. The summed E-state index contributed by atoms with van der Waals surface area (Å²) >= 11 is 1.08. The molecule has 1 atom stereocenters. The SMILES string of the molecule is NC1CC=C(C(F)F)N=C1Nc1ccc2[nH]c(=O)sc2c1. The fourth-order valence-electron chi connectivity index (χ4n) is 2.06. The van der Waals surface area contributed by atoms with Gasteiger partial charge in [0.2, 0.25) is 0 Å². The van der Waals surface area contributed by atoms with Gasteiger partial charge in [-0.15, -0.1) is 0 Å². The van der Waals surface area contributed by atoms with E-state index in [2.05, 4.69) is 15.3 Å². The average molecular weight is 310 g/mol. The number of H-pyrrole nitrogens is 1. The lowest BCUT2D eigenvalue weighted by molar-refractivity contribution is 0.187. The number of alkyl halides is 2. The number of thiazole rings is 1. The van der Waals surface area contributed by atoms with Crippen LogP contribution in [0.1, 0.15) is 6.42 Å². The number of amidine groups is 1. The van der Waals surface area contributed by atoms with Crippen molar-refractivity contribution in [1.29, 1.82) is 0 Å². The number of hydrogen-bond acceptors (Lipinski definition) is 5. The Morgan fingerprint density at radius 3 is 3.05 bits per heavy atom. The summed E-state index contributed by atoms with van der Waals surface area (Å²) in [7, 11) is 0. The van der Waals surface area contributed by atoms with Gasteiger partial charge < -0.3 is 16.0 Å². The van der Waals surface area contributed by atoms with E-state index in [0.717, 1.165) is 21.6 Å². The van der Waals surface area contributed by atoms with Gasteiger partial charge >= 0.3 is 4.87 Å². The minimum Gasteiger partial charge on any atom is -0.342 e. The highest BCUT2D eigenvalue weighted by Crippen LogP contribution is 2.22. The predicted octanol–water partition coefficient (Wildman–Crippen LogP) is 2.28. The standard InChI is InChI=1S/C13H12F2N4OS/c14-11(15)9-4-2-7(16)12(18-9)17-6-1-3-8-10(5-6)21-13(20)19-8/h1,3-5,7,11H,2,16H2,(H,17,18)(H,19,20). The molecule has 0 aliphatic carbocycles. The van der Waals surface area contributed by atoms with Gasteiger partial charge in [0.25, 0.3) is 6.43 Å². The molecule has 0 spiro atoms. The van der Waals surface area contributed by atoms with E-state index < -0.39 is 12.5 Å². The molecule has 110 valence electrons. The van der Waals surface area contributed by atoms with Crippen LogP contribution in [0.4, 0.5) is 14.5 Å². The molecule has 1 aromatic carbocycles. The van der Waals surface area contributed by atoms with Crippen LogP contribution in [0, 0.1) is 0 Å². The molecule has 1 aromatic heterocycles. The highest BCUT2D eigenvalue weighted by atomic mass is 32.1. The van der Waals surface area contributed by atoms with Crippen molar-refractivity contribution in [1.82, 2.24) is 4.98 Å². The van der Waals surface area contributed by atoms with E-state index in [-0.39, 0.29) is 10.6 Å². The van der Waals surface area contributed by atoms with Crippen LogP contribution in [0.25, 0.3) is 10.2 Å². The monoisotopic (exact) mass is 310 g/mol. The first-order valence-corrected chi connectivity index (χ1v) is 7.07. The molecule has 4 N–H and O–H groups in total. The zero-order valence-corrected chi connectivity index (χ0v) is 11.6. The number of allylic oxidation sites excluding steroid dienone is 1. The van der Waals surface area contributed by atoms with Crippen LogP contribution < -0.4 is 15.9 Å². The molecule has 2 aromatic rings. The average Bonchev–Trinajstić information content (AvgIpc) is 2.80. The number of rotatable bonds is 2. The summed E-state index contributed by atoms with van der Waals surface area (Å²) in [4.78, 5) is 17.7. The largest absolute Gasteiger partial charge is 0.342 e. The molecule has 2 heterocycles. The first-order chi connectivity index (χ1) is 10.0. The number of aromatic amines is 1. The zero-order chi connectivity index (χ0) is 15.0. The van der Waals surface area contributed by atoms with Crippen LogP contribution in [0.15, 0.2) is 39.8 Å². The summed E-state index contributed by atoms with van der Waals surface area (Å²) in [5.74, 6) is 0.301. The van der Waals surface area contributed by atoms with Gasteiger partial charge in [-0.25, -0.2) is 13.8 Å². The molecular weight excluding hydrogens is 298 g/mol. The Morgan fingerprint density at radius 2 is 2.29 bits per heavy atom. The van der Waals surface area contributed by atoms with Gasteiger partial charge in [-0.3, -0.25) is 4.79 Å². The van der Waals surface area contributed by atoms with Crippen molar-refractivity contribution in [3.63, 3.8) is 0 Å². The van der Waals surface area contributed by atoms with Gasteiger partial charge in [-0.1, -0.05) is 17.4 Å². The fraction of sp³-hybridized carbons (Fsp3) is 0.231. The van der Waals surface area contributed by atoms with Crippen LogP contribution in [-0.4, -0.2) is 23.3 Å². The van der Waals surface area contributed by atoms with Crippen molar-refractivity contribution < 1.29 is 8.78 Å². The number of halogens is 2. The van der Waals surface area contributed by atoms with E-state index in [9.17, 15) is 13.6 Å². The van der Waals surface area contributed by atoms with Crippen molar-refractivity contribution >= 4 is 33.1 Å². The third kappa shape index (κ3) is 2.86. The Bertz CT molecular complexity index is 793. The number of anilines is 1. The van der Waals surface area contributed by atoms with Crippen LogP contribution in [0.5, 0.6) is 0 Å². The number of aromatic nitrogens is 1. The van der Waals surface area contributed by atoms with Crippen LogP contribution in [0.3, 0.4) is 0 Å². The maximum absolute atomic E-state index is 12.7. The van der Waals surface area contributed by atoms with Gasteiger partial charge in [-0.05, 0) is 24.6 Å². The van der Waals surface area contributed by atoms with Crippen LogP contribution in [0.2, 0.25) is 0 Å². The molecule has 1 aliphatic rings. The quantitative estimate of drug-likeness (QED) is 0.795. The maximum atomic E-state index is 12.7. The van der Waals surface area contributed by atoms with Gasteiger partial charge in [0.15, 0.2) is 0 Å². The van der Waals surface area contributed by atoms with Crippen LogP contribution >= 0.6 is 11.3 Å². The van der Waals surface area contributed by atoms with Crippen molar-refractivity contribution in [2.75, 3.05) is 5.32 Å². The molecule has 1 aliphatic heterocycles. The highest BCUT2D eigenvalue weighted by Gasteiger charge is 2.20. The van der Waals surface area contributed by atoms with Gasteiger partial charge in [-0.2, -0.15) is 0 Å². The van der Waals surface area contributed by atoms with Crippen molar-refractivity contribution in [2.45, 2.75) is 18.9 Å². The number of nitrogens with one attached hydrogen (secondary N) is 2. The van der Waals surface area contributed by atoms with Crippen molar-refractivity contribution in [3.8, 4) is 0 Å². The molecule has 8 heteroatoms. The van der Waals surface area contributed by atoms with E-state index in [1.54, 1.807) is 18.2 Å². The number of nitrogens with two attached hydrogens (primary N) is 1. The molecule has 21 heavy (non-hydrogen) atoms. The second-order valence-corrected chi connectivity index (χ2v) is 5.63. The lowest BCUT2D eigenvalue weighted by Crippen LogP contribution is -2.37. The Kier molecular flexibility index (Phi) is 3.56. The molecular formula is C13H12F2N4OS. The van der Waals surface area contributed by atoms with E-state index in [0.29, 0.717) is 17.9 Å². The molecule has 0 saturated carbocycles. The van der Waals surface area contributed by atoms with Gasteiger partial charge in [0.1, 0.15) is 11.5 Å². The topological polar surface area (TPSA) is 83.3 Å². The summed E-state index contributed by atoms with van der Waals surface area (Å²) in [6, 6.07) is 4.79. The smallest absolute Gasteiger partial charge is 0.305 e. The molecule has 0 saturated heterocycles. The molecule has 0 bridgehead atoms. The Morgan fingerprint density at radius 1 is 1.48 bits per heavy atom. The molecule has 0 radical (unpaired) electrons. The molecule has 0 fully saturated rings. The molecule has 0 amide bonds. The number of aliphatic imine (C=N–C) groups is 1. The number of fused-ring (bicyclic) bond motifs is 1. The lowest BCUT2D eigenvalue weighted by Gasteiger charge is -2.20. The maximum Gasteiger partial charge on any atom is 0.305 e. The van der Waals surface area contributed by atoms with Crippen LogP contribution in [-0.2, 0) is 0 Å². The zero-order valence-electron chi connectivity index (χ0n) is 10.8. The Balaban J connectivity index is 1.89. The first-order valence-electron chi connectivity index (χ1n) is 6.25. The summed E-state index contributed by atoms with van der Waals surface area (Å²) in [5, 5.41) is 2.96. The molecule has 5 nitrogen and oxygen atoms in total. The number of benzene rings is 1. The predicted molar refractivity (Wildman–Crippen MR) is 80.2 cm³/mol. The third-order valence-corrected chi connectivity index (χ3v) is 3.94. The van der Waals surface area contributed by atoms with Crippen molar-refractivity contribution in [3.05, 3.63) is 39.6 Å². The van der Waals surface area contributed by atoms with E-state index >= 15 is 0 Å². The third-order valence-electron chi connectivity index (χ3n) is 3.10. The molecule has 1 unspecified atom stereocenters. The summed E-state index contributed by atoms with van der Waals surface area (Å²) < 4.78 is 26.2. The number of nitrogens with zero attached hydrogens (tertiary/aromatic N) is 1.